The number of benzene rings is 2. The summed E-state index contributed by atoms with van der Waals surface area (Å²) in [7, 11) is 1.55. The van der Waals surface area contributed by atoms with Crippen molar-refractivity contribution in [1.29, 1.82) is 0 Å². The Morgan fingerprint density at radius 2 is 1.88 bits per heavy atom. The lowest BCUT2D eigenvalue weighted by Crippen LogP contribution is -2.17. The molecular formula is C20H19FN2O3. The number of methoxy groups -OCH3 is 1. The van der Waals surface area contributed by atoms with Gasteiger partial charge < -0.3 is 9.84 Å². The van der Waals surface area contributed by atoms with E-state index in [1.54, 1.807) is 50.4 Å². The molecule has 1 aromatic heterocycles. The first kappa shape index (κ1) is 17.7. The lowest BCUT2D eigenvalue weighted by atomic mass is 9.86. The Labute approximate surface area is 149 Å². The Balaban J connectivity index is 1.98. The van der Waals surface area contributed by atoms with E-state index in [-0.39, 0.29) is 17.8 Å². The predicted molar refractivity (Wildman–Crippen MR) is 96.3 cm³/mol. The topological polar surface area (TPSA) is 75.0 Å². The quantitative estimate of drug-likeness (QED) is 0.665. The summed E-state index contributed by atoms with van der Waals surface area (Å²) in [6.45, 7) is 1.75. The molecule has 3 aromatic rings. The average molecular weight is 354 g/mol. The molecule has 0 saturated heterocycles. The fraction of sp³-hybridized carbons (Fsp3) is 0.200. The van der Waals surface area contributed by atoms with Crippen molar-refractivity contribution >= 4 is 5.78 Å². The third-order valence-electron chi connectivity index (χ3n) is 4.41. The monoisotopic (exact) mass is 354 g/mol. The molecule has 2 aromatic carbocycles. The number of nitrogens with one attached hydrogen (secondary N) is 2. The second-order valence-corrected chi connectivity index (χ2v) is 6.08. The first-order valence-electron chi connectivity index (χ1n) is 8.19. The highest BCUT2D eigenvalue weighted by Crippen LogP contribution is 2.29. The number of aryl methyl sites for hydroxylation is 1. The fourth-order valence-electron chi connectivity index (χ4n) is 3.07. The third-order valence-corrected chi connectivity index (χ3v) is 4.41. The van der Waals surface area contributed by atoms with Gasteiger partial charge in [0.15, 0.2) is 5.78 Å². The molecule has 0 bridgehead atoms. The largest absolute Gasteiger partial charge is 0.497 e. The Bertz CT molecular complexity index is 973. The van der Waals surface area contributed by atoms with E-state index in [2.05, 4.69) is 10.2 Å². The number of ether oxygens (including phenoxy) is 1. The number of rotatable bonds is 6. The summed E-state index contributed by atoms with van der Waals surface area (Å²) in [6.07, 6.45) is 0.0531. The SMILES string of the molecule is COc1ccc(C(=O)CC(c2cccc(F)c2)c2c(C)[nH][nH]c2=O)cc1. The van der Waals surface area contributed by atoms with Crippen molar-refractivity contribution in [2.45, 2.75) is 19.3 Å². The highest BCUT2D eigenvalue weighted by atomic mass is 19.1. The number of Topliss-reactive ketones (excluding diaryl/α,β-unsaturated/α-hetero) is 1. The highest BCUT2D eigenvalue weighted by molar-refractivity contribution is 5.97. The van der Waals surface area contributed by atoms with Crippen LogP contribution >= 0.6 is 0 Å². The second kappa shape index (κ2) is 7.39. The maximum atomic E-state index is 13.7. The van der Waals surface area contributed by atoms with Gasteiger partial charge in [0.1, 0.15) is 11.6 Å². The summed E-state index contributed by atoms with van der Waals surface area (Å²) in [5.74, 6) is -0.438. The van der Waals surface area contributed by atoms with Gasteiger partial charge in [0.05, 0.1) is 7.11 Å². The zero-order valence-corrected chi connectivity index (χ0v) is 14.5. The molecule has 0 aliphatic carbocycles. The van der Waals surface area contributed by atoms with E-state index < -0.39 is 11.7 Å². The number of hydrogen-bond acceptors (Lipinski definition) is 3. The van der Waals surface area contributed by atoms with Gasteiger partial charge in [0.25, 0.3) is 5.56 Å². The molecule has 0 aliphatic rings. The molecule has 134 valence electrons. The molecule has 1 unspecified atom stereocenters. The zero-order valence-electron chi connectivity index (χ0n) is 14.5. The van der Waals surface area contributed by atoms with E-state index in [0.717, 1.165) is 0 Å². The minimum Gasteiger partial charge on any atom is -0.497 e. The van der Waals surface area contributed by atoms with Crippen LogP contribution in [-0.4, -0.2) is 23.1 Å². The standard InChI is InChI=1S/C20H19FN2O3/c1-12-19(20(25)23-22-12)17(14-4-3-5-15(21)10-14)11-18(24)13-6-8-16(26-2)9-7-13/h3-10,17H,11H2,1-2H3,(H2,22,23,25). The van der Waals surface area contributed by atoms with Crippen LogP contribution in [0.25, 0.3) is 0 Å². The number of ketones is 1. The summed E-state index contributed by atoms with van der Waals surface area (Å²) in [5, 5.41) is 5.30. The predicted octanol–water partition coefficient (Wildman–Crippen LogP) is 3.56. The molecule has 0 saturated carbocycles. The molecule has 5 nitrogen and oxygen atoms in total. The Morgan fingerprint density at radius 3 is 2.46 bits per heavy atom. The van der Waals surface area contributed by atoms with Crippen molar-refractivity contribution in [3.05, 3.63) is 87.1 Å². The Hall–Kier alpha value is -3.15. The maximum absolute atomic E-state index is 13.7. The van der Waals surface area contributed by atoms with Gasteiger partial charge in [-0.2, -0.15) is 0 Å². The molecule has 1 atom stereocenters. The van der Waals surface area contributed by atoms with Crippen molar-refractivity contribution in [1.82, 2.24) is 10.2 Å². The molecule has 0 radical (unpaired) electrons. The molecule has 26 heavy (non-hydrogen) atoms. The van der Waals surface area contributed by atoms with Gasteiger partial charge in [-0.3, -0.25) is 14.7 Å². The Kier molecular flexibility index (Phi) is 5.02. The molecular weight excluding hydrogens is 335 g/mol. The number of halogens is 1. The number of H-pyrrole nitrogens is 2. The molecule has 2 N–H and O–H groups in total. The van der Waals surface area contributed by atoms with Crippen LogP contribution in [0.4, 0.5) is 4.39 Å². The van der Waals surface area contributed by atoms with Crippen LogP contribution in [0.5, 0.6) is 5.75 Å². The summed E-state index contributed by atoms with van der Waals surface area (Å²) >= 11 is 0. The van der Waals surface area contributed by atoms with E-state index in [0.29, 0.717) is 28.1 Å². The molecule has 3 rings (SSSR count). The van der Waals surface area contributed by atoms with E-state index in [9.17, 15) is 14.0 Å². The summed E-state index contributed by atoms with van der Waals surface area (Å²) < 4.78 is 18.8. The van der Waals surface area contributed by atoms with Gasteiger partial charge >= 0.3 is 0 Å². The van der Waals surface area contributed by atoms with Crippen molar-refractivity contribution in [2.24, 2.45) is 0 Å². The van der Waals surface area contributed by atoms with Gasteiger partial charge in [0, 0.05) is 29.2 Å². The van der Waals surface area contributed by atoms with Crippen LogP contribution < -0.4 is 10.3 Å². The summed E-state index contributed by atoms with van der Waals surface area (Å²) in [6, 6.07) is 12.8. The summed E-state index contributed by atoms with van der Waals surface area (Å²) in [4.78, 5) is 25.0. The number of carbonyl (C=O) groups excluding carboxylic acids is 1. The molecule has 0 aliphatic heterocycles. The minimum absolute atomic E-state index is 0.0531. The number of carbonyl (C=O) groups is 1. The molecule has 1 heterocycles. The molecule has 0 fully saturated rings. The van der Waals surface area contributed by atoms with Gasteiger partial charge in [-0.15, -0.1) is 0 Å². The first-order valence-corrected chi connectivity index (χ1v) is 8.19. The lowest BCUT2D eigenvalue weighted by Gasteiger charge is -2.16. The van der Waals surface area contributed by atoms with Crippen LogP contribution in [0.2, 0.25) is 0 Å². The van der Waals surface area contributed by atoms with E-state index in [4.69, 9.17) is 4.74 Å². The molecule has 0 amide bonds. The van der Waals surface area contributed by atoms with Crippen LogP contribution in [0.3, 0.4) is 0 Å². The molecule has 0 spiro atoms. The zero-order chi connectivity index (χ0) is 18.7. The van der Waals surface area contributed by atoms with Gasteiger partial charge in [0.2, 0.25) is 0 Å². The van der Waals surface area contributed by atoms with Crippen molar-refractivity contribution in [2.75, 3.05) is 7.11 Å². The number of hydrogen-bond donors (Lipinski definition) is 2. The minimum atomic E-state index is -0.546. The average Bonchev–Trinajstić information content (AvgIpc) is 2.98. The van der Waals surface area contributed by atoms with Crippen LogP contribution in [-0.2, 0) is 0 Å². The van der Waals surface area contributed by atoms with Gasteiger partial charge in [-0.1, -0.05) is 12.1 Å². The first-order chi connectivity index (χ1) is 12.5. The van der Waals surface area contributed by atoms with E-state index in [1.165, 1.54) is 12.1 Å². The second-order valence-electron chi connectivity index (χ2n) is 6.08. The molecule has 6 heteroatoms. The number of aromatic amines is 2. The van der Waals surface area contributed by atoms with Crippen LogP contribution in [0, 0.1) is 12.7 Å². The van der Waals surface area contributed by atoms with Crippen molar-refractivity contribution in [3.8, 4) is 5.75 Å². The smallest absolute Gasteiger partial charge is 0.267 e. The van der Waals surface area contributed by atoms with Crippen LogP contribution in [0.15, 0.2) is 53.3 Å². The van der Waals surface area contributed by atoms with Crippen molar-refractivity contribution < 1.29 is 13.9 Å². The van der Waals surface area contributed by atoms with Crippen molar-refractivity contribution in [3.63, 3.8) is 0 Å². The normalized spacial score (nSPS) is 12.0. The maximum Gasteiger partial charge on any atom is 0.267 e. The third kappa shape index (κ3) is 3.59. The van der Waals surface area contributed by atoms with Crippen LogP contribution in [0.1, 0.15) is 39.5 Å². The van der Waals surface area contributed by atoms with Gasteiger partial charge in [-0.05, 0) is 48.9 Å². The summed E-state index contributed by atoms with van der Waals surface area (Å²) in [5.41, 5.74) is 1.86. The lowest BCUT2D eigenvalue weighted by molar-refractivity contribution is 0.0977. The Morgan fingerprint density at radius 1 is 1.15 bits per heavy atom. The highest BCUT2D eigenvalue weighted by Gasteiger charge is 2.25. The van der Waals surface area contributed by atoms with E-state index >= 15 is 0 Å². The number of aromatic nitrogens is 2. The van der Waals surface area contributed by atoms with E-state index in [1.807, 2.05) is 0 Å². The van der Waals surface area contributed by atoms with Gasteiger partial charge in [-0.25, -0.2) is 4.39 Å². The fourth-order valence-corrected chi connectivity index (χ4v) is 3.07.